The summed E-state index contributed by atoms with van der Waals surface area (Å²) in [7, 11) is 0. The Morgan fingerprint density at radius 3 is 2.88 bits per heavy atom. The number of hydrogen-bond acceptors (Lipinski definition) is 4. The van der Waals surface area contributed by atoms with Crippen LogP contribution in [0.15, 0.2) is 47.4 Å². The third kappa shape index (κ3) is 4.94. The maximum Gasteiger partial charge on any atom is 0.221 e. The van der Waals surface area contributed by atoms with Crippen molar-refractivity contribution in [2.24, 2.45) is 0 Å². The van der Waals surface area contributed by atoms with Crippen LogP contribution in [0.3, 0.4) is 0 Å². The Hall–Kier alpha value is -2.14. The number of benzene rings is 2. The van der Waals surface area contributed by atoms with Crippen LogP contribution < -0.4 is 14.8 Å². The molecule has 1 aliphatic rings. The molecule has 0 saturated carbocycles. The lowest BCUT2D eigenvalue weighted by Gasteiger charge is -2.13. The van der Waals surface area contributed by atoms with E-state index >= 15 is 0 Å². The number of nitrogens with one attached hydrogen (secondary N) is 1. The van der Waals surface area contributed by atoms with Gasteiger partial charge in [-0.25, -0.2) is 0 Å². The van der Waals surface area contributed by atoms with Crippen LogP contribution in [-0.2, 0) is 17.8 Å². The fourth-order valence-corrected chi connectivity index (χ4v) is 3.84. The molecular formula is C21H25NO3S. The summed E-state index contributed by atoms with van der Waals surface area (Å²) < 4.78 is 11.6. The van der Waals surface area contributed by atoms with Gasteiger partial charge in [0.2, 0.25) is 5.91 Å². The predicted molar refractivity (Wildman–Crippen MR) is 105 cm³/mol. The van der Waals surface area contributed by atoms with Crippen LogP contribution in [-0.4, -0.2) is 24.4 Å². The molecule has 0 aromatic heterocycles. The van der Waals surface area contributed by atoms with Crippen molar-refractivity contribution in [1.29, 1.82) is 0 Å². The van der Waals surface area contributed by atoms with Gasteiger partial charge in [0, 0.05) is 41.2 Å². The molecule has 1 N–H and O–H groups in total. The third-order valence-corrected chi connectivity index (χ3v) is 5.21. The molecule has 0 spiro atoms. The lowest BCUT2D eigenvalue weighted by atomic mass is 10.1. The highest BCUT2D eigenvalue weighted by molar-refractivity contribution is 7.99. The summed E-state index contributed by atoms with van der Waals surface area (Å²) in [6.45, 7) is 5.08. The molecule has 5 heteroatoms. The van der Waals surface area contributed by atoms with Crippen LogP contribution >= 0.6 is 11.8 Å². The van der Waals surface area contributed by atoms with Crippen molar-refractivity contribution >= 4 is 17.7 Å². The number of carbonyl (C=O) groups excluding carboxylic acids is 1. The van der Waals surface area contributed by atoms with E-state index in [2.05, 4.69) is 30.4 Å². The third-order valence-electron chi connectivity index (χ3n) is 4.20. The lowest BCUT2D eigenvalue weighted by molar-refractivity contribution is -0.120. The highest BCUT2D eigenvalue weighted by Gasteiger charge is 2.22. The quantitative estimate of drug-likeness (QED) is 0.706. The van der Waals surface area contributed by atoms with Crippen molar-refractivity contribution in [2.75, 3.05) is 12.4 Å². The Kier molecular flexibility index (Phi) is 6.45. The maximum absolute atomic E-state index is 12.2. The van der Waals surface area contributed by atoms with E-state index in [0.29, 0.717) is 19.6 Å². The molecule has 138 valence electrons. The van der Waals surface area contributed by atoms with Gasteiger partial charge in [0.15, 0.2) is 0 Å². The highest BCUT2D eigenvalue weighted by atomic mass is 32.2. The molecule has 0 unspecified atom stereocenters. The number of thioether (sulfide) groups is 1. The number of carbonyl (C=O) groups is 1. The van der Waals surface area contributed by atoms with E-state index in [9.17, 15) is 4.79 Å². The van der Waals surface area contributed by atoms with Crippen LogP contribution in [0.4, 0.5) is 0 Å². The van der Waals surface area contributed by atoms with E-state index in [1.54, 1.807) is 11.8 Å². The summed E-state index contributed by atoms with van der Waals surface area (Å²) in [5.74, 6) is 2.55. The van der Waals surface area contributed by atoms with Gasteiger partial charge in [-0.05, 0) is 38.1 Å². The Bertz CT molecular complexity index is 748. The van der Waals surface area contributed by atoms with Crippen molar-refractivity contribution in [3.63, 3.8) is 0 Å². The van der Waals surface area contributed by atoms with Gasteiger partial charge in [-0.1, -0.05) is 18.2 Å². The summed E-state index contributed by atoms with van der Waals surface area (Å²) in [5.41, 5.74) is 2.14. The smallest absolute Gasteiger partial charge is 0.221 e. The first-order valence-electron chi connectivity index (χ1n) is 9.05. The van der Waals surface area contributed by atoms with Gasteiger partial charge in [0.1, 0.15) is 17.6 Å². The van der Waals surface area contributed by atoms with Crippen molar-refractivity contribution in [1.82, 2.24) is 5.32 Å². The summed E-state index contributed by atoms with van der Waals surface area (Å²) in [6, 6.07) is 14.2. The normalized spacial score (nSPS) is 15.2. The first-order chi connectivity index (χ1) is 12.7. The monoisotopic (exact) mass is 371 g/mol. The van der Waals surface area contributed by atoms with E-state index in [1.807, 2.05) is 31.2 Å². The molecule has 1 atom stereocenters. The van der Waals surface area contributed by atoms with Crippen molar-refractivity contribution in [2.45, 2.75) is 44.2 Å². The zero-order valence-electron chi connectivity index (χ0n) is 15.3. The summed E-state index contributed by atoms with van der Waals surface area (Å²) in [5, 5.41) is 3.00. The van der Waals surface area contributed by atoms with E-state index < -0.39 is 0 Å². The summed E-state index contributed by atoms with van der Waals surface area (Å²) in [6.07, 6.45) is 1.58. The first-order valence-corrected chi connectivity index (χ1v) is 10.0. The Morgan fingerprint density at radius 1 is 1.31 bits per heavy atom. The van der Waals surface area contributed by atoms with E-state index in [0.717, 1.165) is 29.2 Å². The molecule has 0 saturated heterocycles. The molecule has 0 fully saturated rings. The molecule has 2 aromatic carbocycles. The minimum absolute atomic E-state index is 0.0469. The van der Waals surface area contributed by atoms with Gasteiger partial charge in [-0.15, -0.1) is 11.8 Å². The molecule has 1 amide bonds. The molecule has 26 heavy (non-hydrogen) atoms. The fraction of sp³-hybridized carbons (Fsp3) is 0.381. The van der Waals surface area contributed by atoms with Gasteiger partial charge < -0.3 is 14.8 Å². The van der Waals surface area contributed by atoms with Gasteiger partial charge in [0.05, 0.1) is 6.61 Å². The Morgan fingerprint density at radius 2 is 2.12 bits per heavy atom. The zero-order chi connectivity index (χ0) is 18.4. The molecule has 1 aliphatic heterocycles. The number of amides is 1. The highest BCUT2D eigenvalue weighted by Crippen LogP contribution is 2.35. The second kappa shape index (κ2) is 8.99. The molecule has 3 rings (SSSR count). The van der Waals surface area contributed by atoms with Crippen LogP contribution in [0.2, 0.25) is 0 Å². The second-order valence-electron chi connectivity index (χ2n) is 6.32. The van der Waals surface area contributed by atoms with Crippen molar-refractivity contribution in [3.8, 4) is 11.5 Å². The first kappa shape index (κ1) is 18.6. The average Bonchev–Trinajstić information content (AvgIpc) is 3.00. The second-order valence-corrected chi connectivity index (χ2v) is 7.49. The SMILES string of the molecule is CCOc1cc2c(cc1CNC(=O)CCSc1ccccc1)O[C@@H](C)C2. The number of ether oxygens (including phenoxy) is 2. The zero-order valence-corrected chi connectivity index (χ0v) is 16.1. The minimum Gasteiger partial charge on any atom is -0.494 e. The average molecular weight is 372 g/mol. The largest absolute Gasteiger partial charge is 0.494 e. The van der Waals surface area contributed by atoms with Gasteiger partial charge >= 0.3 is 0 Å². The number of hydrogen-bond donors (Lipinski definition) is 1. The molecule has 0 bridgehead atoms. The van der Waals surface area contributed by atoms with Crippen LogP contribution in [0.1, 0.15) is 31.4 Å². The van der Waals surface area contributed by atoms with Crippen molar-refractivity contribution < 1.29 is 14.3 Å². The predicted octanol–water partition coefficient (Wildman–Crippen LogP) is 4.21. The molecule has 0 aliphatic carbocycles. The van der Waals surface area contributed by atoms with Crippen LogP contribution in [0, 0.1) is 0 Å². The molecule has 2 aromatic rings. The Labute approximate surface area is 159 Å². The van der Waals surface area contributed by atoms with Crippen LogP contribution in [0.25, 0.3) is 0 Å². The topological polar surface area (TPSA) is 47.6 Å². The van der Waals surface area contributed by atoms with E-state index in [1.165, 1.54) is 10.5 Å². The molecule has 0 radical (unpaired) electrons. The minimum atomic E-state index is 0.0469. The van der Waals surface area contributed by atoms with E-state index in [4.69, 9.17) is 9.47 Å². The summed E-state index contributed by atoms with van der Waals surface area (Å²) in [4.78, 5) is 13.3. The van der Waals surface area contributed by atoms with Crippen molar-refractivity contribution in [3.05, 3.63) is 53.6 Å². The molecule has 1 heterocycles. The fourth-order valence-electron chi connectivity index (χ4n) is 2.97. The lowest BCUT2D eigenvalue weighted by Crippen LogP contribution is -2.23. The van der Waals surface area contributed by atoms with Gasteiger partial charge in [-0.2, -0.15) is 0 Å². The van der Waals surface area contributed by atoms with E-state index in [-0.39, 0.29) is 12.0 Å². The number of rotatable bonds is 8. The molecule has 4 nitrogen and oxygen atoms in total. The molecular weight excluding hydrogens is 346 g/mol. The summed E-state index contributed by atoms with van der Waals surface area (Å²) >= 11 is 1.69. The number of fused-ring (bicyclic) bond motifs is 1. The maximum atomic E-state index is 12.2. The Balaban J connectivity index is 1.53. The van der Waals surface area contributed by atoms with Gasteiger partial charge in [0.25, 0.3) is 0 Å². The van der Waals surface area contributed by atoms with Gasteiger partial charge in [-0.3, -0.25) is 4.79 Å². The standard InChI is InChI=1S/C21H25NO3S/c1-3-24-19-12-16-11-15(2)25-20(16)13-17(19)14-22-21(23)9-10-26-18-7-5-4-6-8-18/h4-8,12-13,15H,3,9-11,14H2,1-2H3,(H,22,23)/t15-/m0/s1. The van der Waals surface area contributed by atoms with Crippen LogP contribution in [0.5, 0.6) is 11.5 Å².